The maximum Gasteiger partial charge on any atom is 0.416 e. The van der Waals surface area contributed by atoms with Crippen LogP contribution in [0.4, 0.5) is 18.9 Å². The molecule has 0 saturated heterocycles. The molecule has 8 heteroatoms. The number of alkyl halides is 3. The lowest BCUT2D eigenvalue weighted by atomic mass is 10.1. The molecule has 0 aromatic heterocycles. The van der Waals surface area contributed by atoms with Gasteiger partial charge in [0.2, 0.25) is 11.8 Å². The lowest BCUT2D eigenvalue weighted by molar-refractivity contribution is -0.137. The number of carbonyl (C=O) groups is 2. The molecule has 0 bridgehead atoms. The van der Waals surface area contributed by atoms with Gasteiger partial charge in [-0.1, -0.05) is 29.8 Å². The number of hydrogen-bond acceptors (Lipinski definition) is 2. The average Bonchev–Trinajstić information content (AvgIpc) is 2.56. The van der Waals surface area contributed by atoms with E-state index >= 15 is 0 Å². The van der Waals surface area contributed by atoms with Crippen LogP contribution in [0, 0.1) is 0 Å². The summed E-state index contributed by atoms with van der Waals surface area (Å²) in [6.45, 7) is 0.331. The minimum Gasteiger partial charge on any atom is -0.355 e. The molecule has 138 valence electrons. The third-order valence-electron chi connectivity index (χ3n) is 3.44. The van der Waals surface area contributed by atoms with E-state index in [1.54, 1.807) is 12.1 Å². The molecular weight excluding hydrogens is 369 g/mol. The number of benzene rings is 2. The van der Waals surface area contributed by atoms with Gasteiger partial charge in [-0.05, 0) is 42.3 Å². The van der Waals surface area contributed by atoms with Crippen molar-refractivity contribution in [3.8, 4) is 0 Å². The highest BCUT2D eigenvalue weighted by atomic mass is 35.5. The van der Waals surface area contributed by atoms with Gasteiger partial charge >= 0.3 is 6.18 Å². The highest BCUT2D eigenvalue weighted by Gasteiger charge is 2.30. The molecule has 2 aromatic carbocycles. The Morgan fingerprint density at radius 3 is 2.35 bits per heavy atom. The van der Waals surface area contributed by atoms with Gasteiger partial charge in [-0.3, -0.25) is 9.59 Å². The molecule has 0 fully saturated rings. The van der Waals surface area contributed by atoms with E-state index in [-0.39, 0.29) is 5.69 Å². The first-order chi connectivity index (χ1) is 12.2. The fourth-order valence-corrected chi connectivity index (χ4v) is 2.31. The van der Waals surface area contributed by atoms with Crippen molar-refractivity contribution < 1.29 is 22.8 Å². The van der Waals surface area contributed by atoms with Gasteiger partial charge in [-0.2, -0.15) is 13.2 Å². The summed E-state index contributed by atoms with van der Waals surface area (Å²) in [5.74, 6) is -1.20. The van der Waals surface area contributed by atoms with Gasteiger partial charge in [0, 0.05) is 17.3 Å². The highest BCUT2D eigenvalue weighted by Crippen LogP contribution is 2.30. The summed E-state index contributed by atoms with van der Waals surface area (Å²) in [5.41, 5.74) is 0.0876. The number of nitrogens with one attached hydrogen (secondary N) is 2. The van der Waals surface area contributed by atoms with Crippen molar-refractivity contribution in [1.82, 2.24) is 5.32 Å². The fourth-order valence-electron chi connectivity index (χ4n) is 2.18. The zero-order chi connectivity index (χ0) is 19.2. The van der Waals surface area contributed by atoms with Crippen LogP contribution >= 0.6 is 11.6 Å². The van der Waals surface area contributed by atoms with E-state index in [0.717, 1.165) is 17.7 Å². The SMILES string of the molecule is O=C(CC(=O)Nc1cccc(C(F)(F)F)c1)NCCc1ccc(Cl)cc1. The zero-order valence-electron chi connectivity index (χ0n) is 13.6. The number of halogens is 4. The second-order valence-electron chi connectivity index (χ2n) is 5.53. The Kier molecular flexibility index (Phi) is 6.63. The molecule has 2 aromatic rings. The van der Waals surface area contributed by atoms with Crippen molar-refractivity contribution >= 4 is 29.1 Å². The lowest BCUT2D eigenvalue weighted by Crippen LogP contribution is -2.29. The third kappa shape index (κ3) is 6.40. The maximum absolute atomic E-state index is 12.6. The zero-order valence-corrected chi connectivity index (χ0v) is 14.3. The smallest absolute Gasteiger partial charge is 0.355 e. The summed E-state index contributed by atoms with van der Waals surface area (Å²) in [7, 11) is 0. The van der Waals surface area contributed by atoms with Gasteiger partial charge in [0.05, 0.1) is 5.56 Å². The van der Waals surface area contributed by atoms with Crippen LogP contribution in [0.15, 0.2) is 48.5 Å². The molecule has 2 rings (SSSR count). The Hall–Kier alpha value is -2.54. The number of hydrogen-bond donors (Lipinski definition) is 2. The first-order valence-electron chi connectivity index (χ1n) is 7.72. The quantitative estimate of drug-likeness (QED) is 0.738. The van der Waals surface area contributed by atoms with Crippen LogP contribution in [0.25, 0.3) is 0 Å². The van der Waals surface area contributed by atoms with E-state index in [1.807, 2.05) is 12.1 Å². The topological polar surface area (TPSA) is 58.2 Å². The van der Waals surface area contributed by atoms with Gasteiger partial charge in [0.1, 0.15) is 6.42 Å². The fraction of sp³-hybridized carbons (Fsp3) is 0.222. The average molecular weight is 385 g/mol. The van der Waals surface area contributed by atoms with Crippen LogP contribution in [0.3, 0.4) is 0 Å². The molecule has 2 amide bonds. The Balaban J connectivity index is 1.78. The second kappa shape index (κ2) is 8.71. The van der Waals surface area contributed by atoms with Crippen LogP contribution < -0.4 is 10.6 Å². The van der Waals surface area contributed by atoms with Gasteiger partial charge in [0.15, 0.2) is 0 Å². The van der Waals surface area contributed by atoms with E-state index < -0.39 is 30.0 Å². The van der Waals surface area contributed by atoms with Gasteiger partial charge in [-0.15, -0.1) is 0 Å². The predicted molar refractivity (Wildman–Crippen MR) is 92.9 cm³/mol. The van der Waals surface area contributed by atoms with Gasteiger partial charge < -0.3 is 10.6 Å². The number of rotatable bonds is 6. The summed E-state index contributed by atoms with van der Waals surface area (Å²) in [4.78, 5) is 23.5. The molecular formula is C18H16ClF3N2O2. The summed E-state index contributed by atoms with van der Waals surface area (Å²) in [6.07, 6.45) is -4.41. The summed E-state index contributed by atoms with van der Waals surface area (Å²) in [6, 6.07) is 11.4. The summed E-state index contributed by atoms with van der Waals surface area (Å²) >= 11 is 5.78. The monoisotopic (exact) mass is 384 g/mol. The summed E-state index contributed by atoms with van der Waals surface area (Å²) in [5, 5.41) is 5.49. The van der Waals surface area contributed by atoms with Gasteiger partial charge in [-0.25, -0.2) is 0 Å². The largest absolute Gasteiger partial charge is 0.416 e. The van der Waals surface area contributed by atoms with Crippen molar-refractivity contribution in [3.63, 3.8) is 0 Å². The first-order valence-corrected chi connectivity index (χ1v) is 8.10. The van der Waals surface area contributed by atoms with Crippen molar-refractivity contribution in [3.05, 3.63) is 64.7 Å². The normalized spacial score (nSPS) is 11.1. The maximum atomic E-state index is 12.6. The van der Waals surface area contributed by atoms with Crippen LogP contribution in [0.1, 0.15) is 17.5 Å². The van der Waals surface area contributed by atoms with Crippen LogP contribution in [-0.4, -0.2) is 18.4 Å². The van der Waals surface area contributed by atoms with E-state index in [1.165, 1.54) is 12.1 Å². The second-order valence-corrected chi connectivity index (χ2v) is 5.97. The molecule has 26 heavy (non-hydrogen) atoms. The van der Waals surface area contributed by atoms with E-state index in [2.05, 4.69) is 10.6 Å². The molecule has 0 aliphatic carbocycles. The minimum absolute atomic E-state index is 0.0150. The molecule has 0 atom stereocenters. The number of carbonyl (C=O) groups excluding carboxylic acids is 2. The van der Waals surface area contributed by atoms with E-state index in [0.29, 0.717) is 18.0 Å². The summed E-state index contributed by atoms with van der Waals surface area (Å²) < 4.78 is 37.9. The van der Waals surface area contributed by atoms with Gasteiger partial charge in [0.25, 0.3) is 0 Å². The predicted octanol–water partition coefficient (Wildman–Crippen LogP) is 4.05. The minimum atomic E-state index is -4.50. The molecule has 0 heterocycles. The van der Waals surface area contributed by atoms with E-state index in [9.17, 15) is 22.8 Å². The number of anilines is 1. The van der Waals surface area contributed by atoms with Crippen LogP contribution in [-0.2, 0) is 22.2 Å². The third-order valence-corrected chi connectivity index (χ3v) is 3.70. The molecule has 0 aliphatic rings. The molecule has 0 aliphatic heterocycles. The Labute approximate surface area is 153 Å². The standard InChI is InChI=1S/C18H16ClF3N2O2/c19-14-6-4-12(5-7-14)8-9-23-16(25)11-17(26)24-15-3-1-2-13(10-15)18(20,21)22/h1-7,10H,8-9,11H2,(H,23,25)(H,24,26). The molecule has 0 saturated carbocycles. The lowest BCUT2D eigenvalue weighted by Gasteiger charge is -2.10. The Morgan fingerprint density at radius 1 is 1.00 bits per heavy atom. The molecule has 0 unspecified atom stereocenters. The van der Waals surface area contributed by atoms with Crippen molar-refractivity contribution in [1.29, 1.82) is 0 Å². The van der Waals surface area contributed by atoms with Crippen molar-refractivity contribution in [2.45, 2.75) is 19.0 Å². The highest BCUT2D eigenvalue weighted by molar-refractivity contribution is 6.30. The van der Waals surface area contributed by atoms with Crippen molar-refractivity contribution in [2.75, 3.05) is 11.9 Å². The molecule has 0 radical (unpaired) electrons. The Morgan fingerprint density at radius 2 is 1.69 bits per heavy atom. The number of amides is 2. The van der Waals surface area contributed by atoms with Crippen LogP contribution in [0.5, 0.6) is 0 Å². The van der Waals surface area contributed by atoms with E-state index in [4.69, 9.17) is 11.6 Å². The molecule has 2 N–H and O–H groups in total. The van der Waals surface area contributed by atoms with Crippen LogP contribution in [0.2, 0.25) is 5.02 Å². The molecule has 4 nitrogen and oxygen atoms in total. The first kappa shape index (κ1) is 19.8. The van der Waals surface area contributed by atoms with Crippen molar-refractivity contribution in [2.24, 2.45) is 0 Å². The molecule has 0 spiro atoms. The Bertz CT molecular complexity index is 777.